The number of ether oxygens (including phenoxy) is 1. The third-order valence-electron chi connectivity index (χ3n) is 9.25. The van der Waals surface area contributed by atoms with E-state index in [9.17, 15) is 9.90 Å². The van der Waals surface area contributed by atoms with E-state index in [4.69, 9.17) is 14.1 Å². The van der Waals surface area contributed by atoms with Gasteiger partial charge in [0.25, 0.3) is 0 Å². The largest absolute Gasteiger partial charge is 0.462 e. The number of hydrogen-bond acceptors (Lipinski definition) is 5. The summed E-state index contributed by atoms with van der Waals surface area (Å²) in [6.07, 6.45) is 6.40. The summed E-state index contributed by atoms with van der Waals surface area (Å²) < 4.78 is 12.4. The van der Waals surface area contributed by atoms with Gasteiger partial charge in [-0.25, -0.2) is 4.79 Å². The predicted molar refractivity (Wildman–Crippen MR) is 170 cm³/mol. The smallest absolute Gasteiger partial charge is 0.338 e. The first-order valence-electron chi connectivity index (χ1n) is 15.4. The van der Waals surface area contributed by atoms with Gasteiger partial charge in [-0.05, 0) is 97.3 Å². The number of nitrogens with zero attached hydrogens (tertiary/aromatic N) is 1. The van der Waals surface area contributed by atoms with E-state index in [2.05, 4.69) is 67.6 Å². The topological polar surface area (TPSA) is 68.7 Å². The van der Waals surface area contributed by atoms with Gasteiger partial charge in [-0.3, -0.25) is 4.98 Å². The Morgan fingerprint density at radius 1 is 1.17 bits per heavy atom. The molecule has 0 fully saturated rings. The Hall–Kier alpha value is -2.28. The van der Waals surface area contributed by atoms with E-state index in [1.165, 1.54) is 11.1 Å². The van der Waals surface area contributed by atoms with Crippen molar-refractivity contribution in [2.75, 3.05) is 6.61 Å². The molecule has 0 bridgehead atoms. The number of fused-ring (bicyclic) bond motifs is 1. The maximum Gasteiger partial charge on any atom is 0.338 e. The molecule has 0 aliphatic heterocycles. The van der Waals surface area contributed by atoms with Crippen LogP contribution < -0.4 is 0 Å². The zero-order valence-corrected chi connectivity index (χ0v) is 28.0. The maximum absolute atomic E-state index is 12.3. The number of pyridine rings is 1. The molecule has 41 heavy (non-hydrogen) atoms. The number of esters is 1. The molecule has 0 saturated carbocycles. The van der Waals surface area contributed by atoms with Crippen molar-refractivity contribution < 1.29 is 19.1 Å². The van der Waals surface area contributed by atoms with Gasteiger partial charge >= 0.3 is 5.97 Å². The number of allylic oxidation sites excluding steroid dienone is 2. The van der Waals surface area contributed by atoms with E-state index in [-0.39, 0.29) is 28.4 Å². The average molecular weight is 578 g/mol. The fourth-order valence-corrected chi connectivity index (χ4v) is 7.34. The number of rotatable bonds is 8. The molecular formula is C35H51NO4Si. The van der Waals surface area contributed by atoms with Crippen LogP contribution in [0, 0.1) is 5.41 Å². The summed E-state index contributed by atoms with van der Waals surface area (Å²) in [4.78, 5) is 17.7. The van der Waals surface area contributed by atoms with Crippen molar-refractivity contribution in [1.82, 2.24) is 4.98 Å². The van der Waals surface area contributed by atoms with Crippen molar-refractivity contribution in [3.05, 3.63) is 69.5 Å². The van der Waals surface area contributed by atoms with Gasteiger partial charge in [0.1, 0.15) is 6.10 Å². The minimum atomic E-state index is -2.11. The summed E-state index contributed by atoms with van der Waals surface area (Å²) in [5, 5.41) is 12.2. The van der Waals surface area contributed by atoms with Gasteiger partial charge in [0, 0.05) is 22.5 Å². The molecule has 1 aromatic carbocycles. The van der Waals surface area contributed by atoms with Gasteiger partial charge in [-0.2, -0.15) is 0 Å². The Morgan fingerprint density at radius 2 is 1.83 bits per heavy atom. The Morgan fingerprint density at radius 3 is 2.37 bits per heavy atom. The number of aliphatic hydroxyl groups is 1. The van der Waals surface area contributed by atoms with Crippen LogP contribution in [0.3, 0.4) is 0 Å². The summed E-state index contributed by atoms with van der Waals surface area (Å²) in [6.45, 7) is 22.7. The molecule has 224 valence electrons. The van der Waals surface area contributed by atoms with Crippen LogP contribution in [-0.2, 0) is 15.6 Å². The number of aromatic nitrogens is 1. The minimum Gasteiger partial charge on any atom is -0.462 e. The van der Waals surface area contributed by atoms with Gasteiger partial charge in [-0.15, -0.1) is 0 Å². The molecule has 0 amide bonds. The second kappa shape index (κ2) is 11.8. The lowest BCUT2D eigenvalue weighted by molar-refractivity contribution is 0.0526. The fourth-order valence-electron chi connectivity index (χ4n) is 6.07. The van der Waals surface area contributed by atoms with Gasteiger partial charge in [-0.1, -0.05) is 66.7 Å². The van der Waals surface area contributed by atoms with Gasteiger partial charge in [0.05, 0.1) is 18.3 Å². The van der Waals surface area contributed by atoms with Crippen LogP contribution in [0.5, 0.6) is 0 Å². The summed E-state index contributed by atoms with van der Waals surface area (Å²) in [5.74, 6) is -0.216. The Labute approximate surface area is 248 Å². The Balaban J connectivity index is 1.95. The van der Waals surface area contributed by atoms with Crippen molar-refractivity contribution in [3.63, 3.8) is 0 Å². The SMILES string of the molecule is CCOC(=O)c1ccc(C(O)c2c(C(C)C)nc3c(c2C2=CCCC2)[C@H](O[Si](C)(C)C(C)(C)C)CC(C)(C)C3)cc1. The van der Waals surface area contributed by atoms with Crippen LogP contribution >= 0.6 is 0 Å². The quantitative estimate of drug-likeness (QED) is 0.250. The lowest BCUT2D eigenvalue weighted by atomic mass is 9.71. The molecule has 5 nitrogen and oxygen atoms in total. The normalized spacial score (nSPS) is 19.6. The Kier molecular flexibility index (Phi) is 9.09. The summed E-state index contributed by atoms with van der Waals surface area (Å²) in [7, 11) is -2.11. The van der Waals surface area contributed by atoms with Crippen molar-refractivity contribution in [1.29, 1.82) is 0 Å². The van der Waals surface area contributed by atoms with E-state index in [0.717, 1.165) is 60.2 Å². The molecule has 1 heterocycles. The molecular weight excluding hydrogens is 526 g/mol. The maximum atomic E-state index is 12.3. The fraction of sp³-hybridized carbons (Fsp3) is 0.600. The van der Waals surface area contributed by atoms with Gasteiger partial charge in [0.2, 0.25) is 0 Å². The molecule has 2 aromatic rings. The lowest BCUT2D eigenvalue weighted by Gasteiger charge is -2.45. The third kappa shape index (κ3) is 6.55. The molecule has 1 N–H and O–H groups in total. The molecule has 2 aliphatic rings. The number of aliphatic hydroxyl groups excluding tert-OH is 1. The van der Waals surface area contributed by atoms with E-state index < -0.39 is 14.4 Å². The molecule has 2 aliphatic carbocycles. The van der Waals surface area contributed by atoms with E-state index in [1.54, 1.807) is 19.1 Å². The van der Waals surface area contributed by atoms with Crippen molar-refractivity contribution in [2.45, 2.75) is 124 Å². The second-order valence-electron chi connectivity index (χ2n) is 14.6. The number of carbonyl (C=O) groups is 1. The first-order valence-corrected chi connectivity index (χ1v) is 18.4. The lowest BCUT2D eigenvalue weighted by Crippen LogP contribution is -2.44. The summed E-state index contributed by atoms with van der Waals surface area (Å²) in [6, 6.07) is 7.19. The van der Waals surface area contributed by atoms with Gasteiger partial charge < -0.3 is 14.3 Å². The predicted octanol–water partition coefficient (Wildman–Crippen LogP) is 9.07. The van der Waals surface area contributed by atoms with E-state index >= 15 is 0 Å². The molecule has 1 aromatic heterocycles. The van der Waals surface area contributed by atoms with Crippen LogP contribution in [0.1, 0.15) is 143 Å². The molecule has 0 spiro atoms. The number of hydrogen-bond donors (Lipinski definition) is 1. The summed E-state index contributed by atoms with van der Waals surface area (Å²) >= 11 is 0. The highest BCUT2D eigenvalue weighted by Gasteiger charge is 2.45. The number of carbonyl (C=O) groups excluding carboxylic acids is 1. The highest BCUT2D eigenvalue weighted by Crippen LogP contribution is 2.52. The number of benzene rings is 1. The van der Waals surface area contributed by atoms with Crippen LogP contribution in [0.2, 0.25) is 18.1 Å². The van der Waals surface area contributed by atoms with Crippen LogP contribution in [0.4, 0.5) is 0 Å². The molecule has 2 atom stereocenters. The standard InChI is InChI=1S/C35H51NO4Si/c1-11-39-33(38)25-18-16-24(17-19-25)32(37)30-28(23-14-12-13-15-23)29-26(36-31(30)22(2)3)20-35(7,8)21-27(29)40-41(9,10)34(4,5)6/h14,16-19,22,27,32,37H,11-13,15,20-21H2,1-10H3/t27-,32?/m1/s1. The van der Waals surface area contributed by atoms with E-state index in [1.807, 2.05) is 12.1 Å². The highest BCUT2D eigenvalue weighted by molar-refractivity contribution is 6.74. The van der Waals surface area contributed by atoms with E-state index in [0.29, 0.717) is 12.2 Å². The first-order chi connectivity index (χ1) is 19.1. The zero-order chi connectivity index (χ0) is 30.3. The molecule has 0 saturated heterocycles. The van der Waals surface area contributed by atoms with Crippen LogP contribution in [0.15, 0.2) is 30.3 Å². The first kappa shape index (κ1) is 31.6. The van der Waals surface area contributed by atoms with Crippen molar-refractivity contribution in [3.8, 4) is 0 Å². The summed E-state index contributed by atoms with van der Waals surface area (Å²) in [5.41, 5.74) is 7.96. The minimum absolute atomic E-state index is 0.0612. The average Bonchev–Trinajstić information content (AvgIpc) is 3.40. The second-order valence-corrected chi connectivity index (χ2v) is 19.3. The van der Waals surface area contributed by atoms with Gasteiger partial charge in [0.15, 0.2) is 8.32 Å². The monoisotopic (exact) mass is 577 g/mol. The third-order valence-corrected chi connectivity index (χ3v) is 13.7. The molecule has 6 heteroatoms. The highest BCUT2D eigenvalue weighted by atomic mass is 28.4. The molecule has 0 radical (unpaired) electrons. The van der Waals surface area contributed by atoms with Crippen molar-refractivity contribution in [2.24, 2.45) is 5.41 Å². The van der Waals surface area contributed by atoms with Crippen LogP contribution in [-0.4, -0.2) is 31.0 Å². The molecule has 4 rings (SSSR count). The zero-order valence-electron chi connectivity index (χ0n) is 27.0. The molecule has 1 unspecified atom stereocenters. The Bertz CT molecular complexity index is 1300. The van der Waals surface area contributed by atoms with Crippen LogP contribution in [0.25, 0.3) is 5.57 Å². The van der Waals surface area contributed by atoms with Crippen molar-refractivity contribution >= 4 is 19.9 Å².